The van der Waals surface area contributed by atoms with Gasteiger partial charge in [0.15, 0.2) is 23.3 Å². The number of imidazole rings is 1. The van der Waals surface area contributed by atoms with Gasteiger partial charge >= 0.3 is 0 Å². The molecule has 0 amide bonds. The average Bonchev–Trinajstić information content (AvgIpc) is 2.79. The molecule has 0 fully saturated rings. The summed E-state index contributed by atoms with van der Waals surface area (Å²) < 4.78 is 60.0. The molecule has 1 N–H and O–H groups in total. The van der Waals surface area contributed by atoms with Crippen LogP contribution in [0.5, 0.6) is 0 Å². The molecule has 2 rings (SSSR count). The van der Waals surface area contributed by atoms with Gasteiger partial charge in [-0.15, -0.1) is 0 Å². The van der Waals surface area contributed by atoms with E-state index >= 15 is 0 Å². The van der Waals surface area contributed by atoms with E-state index in [1.807, 2.05) is 0 Å². The molecule has 0 radical (unpaired) electrons. The third-order valence-electron chi connectivity index (χ3n) is 2.78. The number of anilines is 2. The molecule has 1 aromatic heterocycles. The Morgan fingerprint density at radius 3 is 2.38 bits per heavy atom. The van der Waals surface area contributed by atoms with Crippen LogP contribution in [0.25, 0.3) is 0 Å². The topological polar surface area (TPSA) is 39.1 Å². The van der Waals surface area contributed by atoms with Crippen LogP contribution >= 0.6 is 0 Å². The maximum Gasteiger partial charge on any atom is 0.207 e. The standard InChI is InChI=1S/C13H13F4N3O/c1-7-6-20(3-4-21-2)13(18-7)19-12-10(16)8(14)5-9(15)11(12)17/h5-6H,3-4H2,1-2H3,(H,18,19). The number of methoxy groups -OCH3 is 1. The molecule has 0 saturated heterocycles. The highest BCUT2D eigenvalue weighted by molar-refractivity contribution is 5.56. The maximum absolute atomic E-state index is 13.6. The molecule has 21 heavy (non-hydrogen) atoms. The number of nitrogens with one attached hydrogen (secondary N) is 1. The molecule has 1 aromatic carbocycles. The molecule has 0 aliphatic heterocycles. The van der Waals surface area contributed by atoms with Crippen LogP contribution in [0.2, 0.25) is 0 Å². The Kier molecular flexibility index (Phi) is 4.46. The quantitative estimate of drug-likeness (QED) is 0.681. The van der Waals surface area contributed by atoms with Gasteiger partial charge in [-0.3, -0.25) is 0 Å². The Hall–Kier alpha value is -2.09. The van der Waals surface area contributed by atoms with Gasteiger partial charge in [0.1, 0.15) is 5.69 Å². The largest absolute Gasteiger partial charge is 0.383 e. The van der Waals surface area contributed by atoms with Crippen molar-refractivity contribution in [1.29, 1.82) is 0 Å². The Balaban J connectivity index is 2.39. The van der Waals surface area contributed by atoms with Crippen molar-refractivity contribution < 1.29 is 22.3 Å². The zero-order chi connectivity index (χ0) is 15.6. The van der Waals surface area contributed by atoms with Gasteiger partial charge in [0.25, 0.3) is 0 Å². The number of hydrogen-bond donors (Lipinski definition) is 1. The van der Waals surface area contributed by atoms with Crippen LogP contribution in [0.3, 0.4) is 0 Å². The molecule has 0 bridgehead atoms. The fraction of sp³-hybridized carbons (Fsp3) is 0.308. The lowest BCUT2D eigenvalue weighted by molar-refractivity contribution is 0.188. The van der Waals surface area contributed by atoms with Gasteiger partial charge in [0.05, 0.1) is 12.3 Å². The molecule has 1 heterocycles. The van der Waals surface area contributed by atoms with Crippen LogP contribution in [0.4, 0.5) is 29.2 Å². The first-order chi connectivity index (χ1) is 9.93. The molecule has 0 atom stereocenters. The molecular formula is C13H13F4N3O. The lowest BCUT2D eigenvalue weighted by atomic mass is 10.2. The Morgan fingerprint density at radius 1 is 1.19 bits per heavy atom. The van der Waals surface area contributed by atoms with Gasteiger partial charge in [0.2, 0.25) is 5.95 Å². The summed E-state index contributed by atoms with van der Waals surface area (Å²) in [6.07, 6.45) is 1.62. The SMILES string of the molecule is COCCn1cc(C)nc1Nc1c(F)c(F)cc(F)c1F. The third kappa shape index (κ3) is 3.15. The summed E-state index contributed by atoms with van der Waals surface area (Å²) in [4.78, 5) is 4.02. The van der Waals surface area contributed by atoms with Crippen molar-refractivity contribution in [2.75, 3.05) is 19.0 Å². The van der Waals surface area contributed by atoms with Crippen LogP contribution in [0, 0.1) is 30.2 Å². The van der Waals surface area contributed by atoms with Gasteiger partial charge in [-0.1, -0.05) is 0 Å². The minimum Gasteiger partial charge on any atom is -0.383 e. The van der Waals surface area contributed by atoms with Crippen LogP contribution in [0.15, 0.2) is 12.3 Å². The van der Waals surface area contributed by atoms with E-state index in [0.29, 0.717) is 18.8 Å². The summed E-state index contributed by atoms with van der Waals surface area (Å²) in [7, 11) is 1.50. The highest BCUT2D eigenvalue weighted by atomic mass is 19.2. The van der Waals surface area contributed by atoms with E-state index in [1.165, 1.54) is 11.7 Å². The Bertz CT molecular complexity index is 631. The molecule has 4 nitrogen and oxygen atoms in total. The molecule has 0 unspecified atom stereocenters. The van der Waals surface area contributed by atoms with Gasteiger partial charge in [0, 0.05) is 25.9 Å². The van der Waals surface area contributed by atoms with Crippen LogP contribution in [-0.4, -0.2) is 23.3 Å². The van der Waals surface area contributed by atoms with E-state index < -0.39 is 29.0 Å². The van der Waals surface area contributed by atoms with E-state index in [0.717, 1.165) is 0 Å². The average molecular weight is 303 g/mol. The number of aryl methyl sites for hydroxylation is 1. The first-order valence-corrected chi connectivity index (χ1v) is 6.06. The number of ether oxygens (including phenoxy) is 1. The Labute approximate surface area is 118 Å². The molecule has 0 saturated carbocycles. The number of hydrogen-bond acceptors (Lipinski definition) is 3. The van der Waals surface area contributed by atoms with Crippen LogP contribution in [-0.2, 0) is 11.3 Å². The number of rotatable bonds is 5. The number of nitrogens with zero attached hydrogens (tertiary/aromatic N) is 2. The van der Waals surface area contributed by atoms with Gasteiger partial charge in [-0.05, 0) is 6.92 Å². The summed E-state index contributed by atoms with van der Waals surface area (Å²) in [5.41, 5.74) is -0.344. The van der Waals surface area contributed by atoms with Crippen molar-refractivity contribution in [3.8, 4) is 0 Å². The molecule has 0 aliphatic rings. The predicted molar refractivity (Wildman–Crippen MR) is 68.4 cm³/mol. The second-order valence-electron chi connectivity index (χ2n) is 4.36. The molecule has 0 spiro atoms. The maximum atomic E-state index is 13.6. The van der Waals surface area contributed by atoms with E-state index in [1.54, 1.807) is 13.1 Å². The summed E-state index contributed by atoms with van der Waals surface area (Å²) in [5.74, 6) is -5.92. The van der Waals surface area contributed by atoms with Gasteiger partial charge in [-0.2, -0.15) is 0 Å². The van der Waals surface area contributed by atoms with Crippen molar-refractivity contribution in [1.82, 2.24) is 9.55 Å². The van der Waals surface area contributed by atoms with Gasteiger partial charge < -0.3 is 14.6 Å². The predicted octanol–water partition coefficient (Wildman–Crippen LogP) is 3.14. The number of benzene rings is 1. The first-order valence-electron chi connectivity index (χ1n) is 6.06. The third-order valence-corrected chi connectivity index (χ3v) is 2.78. The fourth-order valence-corrected chi connectivity index (χ4v) is 1.80. The smallest absolute Gasteiger partial charge is 0.207 e. The monoisotopic (exact) mass is 303 g/mol. The van der Waals surface area contributed by atoms with Crippen LogP contribution in [0.1, 0.15) is 5.69 Å². The van der Waals surface area contributed by atoms with E-state index in [4.69, 9.17) is 4.74 Å². The summed E-state index contributed by atoms with van der Waals surface area (Å²) in [6, 6.07) is 0.151. The van der Waals surface area contributed by atoms with Crippen molar-refractivity contribution >= 4 is 11.6 Å². The number of aromatic nitrogens is 2. The molecule has 8 heteroatoms. The highest BCUT2D eigenvalue weighted by Gasteiger charge is 2.20. The number of halogens is 4. The minimum absolute atomic E-state index is 0.0624. The first kappa shape index (κ1) is 15.3. The second kappa shape index (κ2) is 6.13. The summed E-state index contributed by atoms with van der Waals surface area (Å²) in [5, 5.41) is 2.29. The van der Waals surface area contributed by atoms with E-state index in [2.05, 4.69) is 10.3 Å². The molecule has 0 aliphatic carbocycles. The highest BCUT2D eigenvalue weighted by Crippen LogP contribution is 2.27. The van der Waals surface area contributed by atoms with Crippen molar-refractivity contribution in [3.05, 3.63) is 41.2 Å². The normalized spacial score (nSPS) is 11.0. The van der Waals surface area contributed by atoms with E-state index in [9.17, 15) is 17.6 Å². The zero-order valence-corrected chi connectivity index (χ0v) is 11.4. The molecule has 114 valence electrons. The second-order valence-corrected chi connectivity index (χ2v) is 4.36. The van der Waals surface area contributed by atoms with Crippen molar-refractivity contribution in [2.45, 2.75) is 13.5 Å². The summed E-state index contributed by atoms with van der Waals surface area (Å²) in [6.45, 7) is 2.38. The van der Waals surface area contributed by atoms with Crippen molar-refractivity contribution in [2.24, 2.45) is 0 Å². The molecular weight excluding hydrogens is 290 g/mol. The lowest BCUT2D eigenvalue weighted by Crippen LogP contribution is -2.10. The lowest BCUT2D eigenvalue weighted by Gasteiger charge is -2.11. The summed E-state index contributed by atoms with van der Waals surface area (Å²) >= 11 is 0. The van der Waals surface area contributed by atoms with E-state index in [-0.39, 0.29) is 12.0 Å². The Morgan fingerprint density at radius 2 is 1.81 bits per heavy atom. The zero-order valence-electron chi connectivity index (χ0n) is 11.4. The van der Waals surface area contributed by atoms with Gasteiger partial charge in [-0.25, -0.2) is 22.5 Å². The minimum atomic E-state index is -1.51. The van der Waals surface area contributed by atoms with Crippen molar-refractivity contribution in [3.63, 3.8) is 0 Å². The van der Waals surface area contributed by atoms with Crippen LogP contribution < -0.4 is 5.32 Å². The fourth-order valence-electron chi connectivity index (χ4n) is 1.80. The molecule has 2 aromatic rings.